The Morgan fingerprint density at radius 3 is 2.68 bits per heavy atom. The van der Waals surface area contributed by atoms with Crippen molar-refractivity contribution < 1.29 is 14.7 Å². The van der Waals surface area contributed by atoms with Crippen LogP contribution in [-0.4, -0.2) is 23.5 Å². The molecule has 0 aliphatic carbocycles. The monoisotopic (exact) mass is 264 g/mol. The number of anilines is 1. The van der Waals surface area contributed by atoms with Gasteiger partial charge in [-0.2, -0.15) is 0 Å². The Morgan fingerprint density at radius 2 is 2.11 bits per heavy atom. The summed E-state index contributed by atoms with van der Waals surface area (Å²) in [6.45, 7) is 4.25. The molecule has 1 rings (SSSR count). The third-order valence-corrected chi connectivity index (χ3v) is 3.00. The molecule has 0 heterocycles. The fraction of sp³-hybridized carbons (Fsp3) is 0.429. The Labute approximate surface area is 112 Å². The van der Waals surface area contributed by atoms with Crippen LogP contribution in [0.5, 0.6) is 0 Å². The van der Waals surface area contributed by atoms with E-state index in [4.69, 9.17) is 10.8 Å². The number of nitrogens with two attached hydrogens (primary N) is 1. The number of carboxylic acid groups (broad SMARTS) is 1. The average molecular weight is 264 g/mol. The fourth-order valence-electron chi connectivity index (χ4n) is 1.62. The van der Waals surface area contributed by atoms with Gasteiger partial charge in [0, 0.05) is 24.2 Å². The average Bonchev–Trinajstić information content (AvgIpc) is 2.36. The van der Waals surface area contributed by atoms with Gasteiger partial charge in [-0.3, -0.25) is 9.59 Å². The van der Waals surface area contributed by atoms with Gasteiger partial charge in [-0.25, -0.2) is 0 Å². The summed E-state index contributed by atoms with van der Waals surface area (Å²) in [5.41, 5.74) is 7.80. The number of nitrogen functional groups attached to an aromatic ring is 1. The van der Waals surface area contributed by atoms with E-state index in [-0.39, 0.29) is 18.2 Å². The molecule has 1 amide bonds. The van der Waals surface area contributed by atoms with E-state index in [9.17, 15) is 9.59 Å². The lowest BCUT2D eigenvalue weighted by molar-refractivity contribution is -0.137. The normalized spacial score (nSPS) is 11.9. The van der Waals surface area contributed by atoms with Crippen LogP contribution in [0.2, 0.25) is 0 Å². The molecule has 0 bridgehead atoms. The highest BCUT2D eigenvalue weighted by atomic mass is 16.4. The van der Waals surface area contributed by atoms with Gasteiger partial charge in [0.25, 0.3) is 5.91 Å². The van der Waals surface area contributed by atoms with Gasteiger partial charge < -0.3 is 16.2 Å². The smallest absolute Gasteiger partial charge is 0.303 e. The van der Waals surface area contributed by atoms with Crippen molar-refractivity contribution in [1.29, 1.82) is 0 Å². The summed E-state index contributed by atoms with van der Waals surface area (Å²) >= 11 is 0. The standard InChI is InChI=1S/C14H20N2O3/c1-9(3-6-13(17)18)8-16-14(19)11-5-4-10(2)12(15)7-11/h4-5,7,9H,3,6,8,15H2,1-2H3,(H,16,19)(H,17,18). The topological polar surface area (TPSA) is 92.4 Å². The minimum absolute atomic E-state index is 0.120. The van der Waals surface area contributed by atoms with E-state index in [1.807, 2.05) is 13.8 Å². The quantitative estimate of drug-likeness (QED) is 0.683. The molecule has 5 heteroatoms. The van der Waals surface area contributed by atoms with Crippen molar-refractivity contribution in [3.05, 3.63) is 29.3 Å². The van der Waals surface area contributed by atoms with E-state index in [1.54, 1.807) is 18.2 Å². The third-order valence-electron chi connectivity index (χ3n) is 3.00. The Bertz CT molecular complexity index is 472. The van der Waals surface area contributed by atoms with Gasteiger partial charge in [-0.05, 0) is 37.0 Å². The van der Waals surface area contributed by atoms with E-state index in [1.165, 1.54) is 0 Å². The van der Waals surface area contributed by atoms with E-state index < -0.39 is 5.97 Å². The first-order chi connectivity index (χ1) is 8.90. The maximum Gasteiger partial charge on any atom is 0.303 e. The van der Waals surface area contributed by atoms with Crippen LogP contribution < -0.4 is 11.1 Å². The molecule has 1 atom stereocenters. The molecule has 1 aromatic carbocycles. The van der Waals surface area contributed by atoms with Crippen LogP contribution in [0.1, 0.15) is 35.7 Å². The first-order valence-electron chi connectivity index (χ1n) is 6.26. The molecule has 0 fully saturated rings. The van der Waals surface area contributed by atoms with E-state index in [0.29, 0.717) is 24.2 Å². The van der Waals surface area contributed by atoms with Gasteiger partial charge in [-0.1, -0.05) is 13.0 Å². The van der Waals surface area contributed by atoms with E-state index in [0.717, 1.165) is 5.56 Å². The number of benzene rings is 1. The number of carbonyl (C=O) groups is 2. The minimum Gasteiger partial charge on any atom is -0.481 e. The Balaban J connectivity index is 2.46. The number of hydrogen-bond donors (Lipinski definition) is 3. The first kappa shape index (κ1) is 15.0. The number of aliphatic carboxylic acids is 1. The second-order valence-electron chi connectivity index (χ2n) is 4.82. The summed E-state index contributed by atoms with van der Waals surface area (Å²) in [6, 6.07) is 5.17. The zero-order chi connectivity index (χ0) is 14.4. The van der Waals surface area contributed by atoms with Crippen molar-refractivity contribution in [3.8, 4) is 0 Å². The number of carbonyl (C=O) groups excluding carboxylic acids is 1. The number of hydrogen-bond acceptors (Lipinski definition) is 3. The second-order valence-corrected chi connectivity index (χ2v) is 4.82. The summed E-state index contributed by atoms with van der Waals surface area (Å²) < 4.78 is 0. The van der Waals surface area contributed by atoms with Crippen molar-refractivity contribution in [2.75, 3.05) is 12.3 Å². The summed E-state index contributed by atoms with van der Waals surface area (Å²) in [4.78, 5) is 22.3. The molecule has 1 unspecified atom stereocenters. The lowest BCUT2D eigenvalue weighted by Crippen LogP contribution is -2.28. The molecular weight excluding hydrogens is 244 g/mol. The van der Waals surface area contributed by atoms with Gasteiger partial charge >= 0.3 is 5.97 Å². The van der Waals surface area contributed by atoms with Gasteiger partial charge in [0.15, 0.2) is 0 Å². The van der Waals surface area contributed by atoms with Crippen LogP contribution in [-0.2, 0) is 4.79 Å². The highest BCUT2D eigenvalue weighted by molar-refractivity contribution is 5.95. The van der Waals surface area contributed by atoms with Crippen molar-refractivity contribution in [3.63, 3.8) is 0 Å². The van der Waals surface area contributed by atoms with Crippen molar-refractivity contribution >= 4 is 17.6 Å². The van der Waals surface area contributed by atoms with Crippen LogP contribution in [0.15, 0.2) is 18.2 Å². The summed E-state index contributed by atoms with van der Waals surface area (Å²) in [7, 11) is 0. The van der Waals surface area contributed by atoms with Crippen molar-refractivity contribution in [2.24, 2.45) is 5.92 Å². The fourth-order valence-corrected chi connectivity index (χ4v) is 1.62. The Morgan fingerprint density at radius 1 is 1.42 bits per heavy atom. The largest absolute Gasteiger partial charge is 0.481 e. The molecule has 0 radical (unpaired) electrons. The Kier molecular flexibility index (Phi) is 5.36. The lowest BCUT2D eigenvalue weighted by atomic mass is 10.1. The van der Waals surface area contributed by atoms with Crippen molar-refractivity contribution in [1.82, 2.24) is 5.32 Å². The molecule has 19 heavy (non-hydrogen) atoms. The Hall–Kier alpha value is -2.04. The molecule has 0 aliphatic rings. The van der Waals surface area contributed by atoms with Gasteiger partial charge in [0.2, 0.25) is 0 Å². The molecule has 0 saturated carbocycles. The van der Waals surface area contributed by atoms with E-state index in [2.05, 4.69) is 5.32 Å². The number of rotatable bonds is 6. The number of amides is 1. The third kappa shape index (κ3) is 4.99. The SMILES string of the molecule is Cc1ccc(C(=O)NCC(C)CCC(=O)O)cc1N. The molecule has 0 aromatic heterocycles. The van der Waals surface area contributed by atoms with Crippen LogP contribution in [0, 0.1) is 12.8 Å². The number of aryl methyl sites for hydroxylation is 1. The molecule has 104 valence electrons. The highest BCUT2D eigenvalue weighted by Crippen LogP contribution is 2.13. The minimum atomic E-state index is -0.815. The van der Waals surface area contributed by atoms with Crippen molar-refractivity contribution in [2.45, 2.75) is 26.7 Å². The summed E-state index contributed by atoms with van der Waals surface area (Å²) in [5, 5.41) is 11.4. The van der Waals surface area contributed by atoms with Crippen LogP contribution in [0.4, 0.5) is 5.69 Å². The maximum absolute atomic E-state index is 11.9. The predicted molar refractivity (Wildman–Crippen MR) is 74.0 cm³/mol. The number of nitrogens with one attached hydrogen (secondary N) is 1. The van der Waals surface area contributed by atoms with Crippen LogP contribution in [0.25, 0.3) is 0 Å². The summed E-state index contributed by atoms with van der Waals surface area (Å²) in [6.07, 6.45) is 0.667. The van der Waals surface area contributed by atoms with Gasteiger partial charge in [0.1, 0.15) is 0 Å². The molecule has 0 spiro atoms. The lowest BCUT2D eigenvalue weighted by Gasteiger charge is -2.12. The zero-order valence-electron chi connectivity index (χ0n) is 11.3. The molecular formula is C14H20N2O3. The zero-order valence-corrected chi connectivity index (χ0v) is 11.3. The molecule has 1 aromatic rings. The molecule has 0 saturated heterocycles. The van der Waals surface area contributed by atoms with Gasteiger partial charge in [0.05, 0.1) is 0 Å². The van der Waals surface area contributed by atoms with E-state index >= 15 is 0 Å². The second kappa shape index (κ2) is 6.78. The van der Waals surface area contributed by atoms with Crippen LogP contribution >= 0.6 is 0 Å². The van der Waals surface area contributed by atoms with Crippen LogP contribution in [0.3, 0.4) is 0 Å². The predicted octanol–water partition coefficient (Wildman–Crippen LogP) is 1.81. The highest BCUT2D eigenvalue weighted by Gasteiger charge is 2.10. The van der Waals surface area contributed by atoms with Gasteiger partial charge in [-0.15, -0.1) is 0 Å². The maximum atomic E-state index is 11.9. The number of carboxylic acids is 1. The first-order valence-corrected chi connectivity index (χ1v) is 6.26. The molecule has 4 N–H and O–H groups in total. The molecule has 5 nitrogen and oxygen atoms in total. The summed E-state index contributed by atoms with van der Waals surface area (Å²) in [5.74, 6) is -0.874. The molecule has 0 aliphatic heterocycles.